The maximum atomic E-state index is 12.1. The Morgan fingerprint density at radius 2 is 2.14 bits per heavy atom. The van der Waals surface area contributed by atoms with E-state index in [0.29, 0.717) is 25.7 Å². The average Bonchev–Trinajstić information content (AvgIpc) is 2.82. The summed E-state index contributed by atoms with van der Waals surface area (Å²) in [7, 11) is 0. The van der Waals surface area contributed by atoms with Gasteiger partial charge in [-0.2, -0.15) is 0 Å². The molecule has 0 spiro atoms. The van der Waals surface area contributed by atoms with Crippen LogP contribution in [0.2, 0.25) is 0 Å². The van der Waals surface area contributed by atoms with Crippen molar-refractivity contribution in [1.29, 1.82) is 0 Å². The Kier molecular flexibility index (Phi) is 3.64. The number of aromatic amines is 1. The highest BCUT2D eigenvalue weighted by Gasteiger charge is 2.45. The fourth-order valence-corrected chi connectivity index (χ4v) is 3.00. The second-order valence-electron chi connectivity index (χ2n) is 6.15. The lowest BCUT2D eigenvalue weighted by molar-refractivity contribution is -0.151. The summed E-state index contributed by atoms with van der Waals surface area (Å²) in [6.07, 6.45) is 4.74. The van der Waals surface area contributed by atoms with Crippen molar-refractivity contribution in [2.45, 2.75) is 44.6 Å². The molecule has 116 valence electrons. The van der Waals surface area contributed by atoms with Crippen LogP contribution in [0.25, 0.3) is 10.9 Å². The number of aromatic nitrogens is 1. The molecule has 5 nitrogen and oxygen atoms in total. The van der Waals surface area contributed by atoms with Gasteiger partial charge in [-0.1, -0.05) is 11.6 Å². The maximum Gasteiger partial charge on any atom is 0.329 e. The number of carbonyl (C=O) groups excluding carboxylic acids is 1. The summed E-state index contributed by atoms with van der Waals surface area (Å²) in [4.78, 5) is 26.5. The molecule has 0 atom stereocenters. The van der Waals surface area contributed by atoms with Crippen molar-refractivity contribution in [2.24, 2.45) is 0 Å². The molecule has 1 aromatic heterocycles. The first-order chi connectivity index (χ1) is 10.5. The van der Waals surface area contributed by atoms with Gasteiger partial charge >= 0.3 is 5.97 Å². The largest absolute Gasteiger partial charge is 0.480 e. The molecule has 1 aliphatic rings. The van der Waals surface area contributed by atoms with Crippen LogP contribution in [0.4, 0.5) is 0 Å². The standard InChI is InChI=1S/C17H20N2O3/c1-11-3-5-14-13(9-11)12(10-18-14)4-6-15(20)19-17(16(21)22)7-2-8-17/h3,5,9-10,18H,2,4,6-8H2,1H3,(H,19,20)(H,21,22). The molecular weight excluding hydrogens is 280 g/mol. The van der Waals surface area contributed by atoms with Gasteiger partial charge in [0.2, 0.25) is 5.91 Å². The molecule has 1 saturated carbocycles. The molecule has 3 rings (SSSR count). The molecule has 0 bridgehead atoms. The van der Waals surface area contributed by atoms with Gasteiger partial charge in [-0.15, -0.1) is 0 Å². The van der Waals surface area contributed by atoms with E-state index < -0.39 is 11.5 Å². The SMILES string of the molecule is Cc1ccc2[nH]cc(CCC(=O)NC3(C(=O)O)CCC3)c2c1. The minimum atomic E-state index is -1.02. The van der Waals surface area contributed by atoms with Gasteiger partial charge in [-0.25, -0.2) is 4.79 Å². The number of carboxylic acids is 1. The van der Waals surface area contributed by atoms with Crippen LogP contribution in [0.1, 0.15) is 36.8 Å². The van der Waals surface area contributed by atoms with Crippen molar-refractivity contribution in [3.8, 4) is 0 Å². The van der Waals surface area contributed by atoms with Crippen molar-refractivity contribution in [1.82, 2.24) is 10.3 Å². The fraction of sp³-hybridized carbons (Fsp3) is 0.412. The molecule has 5 heteroatoms. The Hall–Kier alpha value is -2.30. The van der Waals surface area contributed by atoms with Crippen molar-refractivity contribution in [3.63, 3.8) is 0 Å². The van der Waals surface area contributed by atoms with Crippen LogP contribution >= 0.6 is 0 Å². The lowest BCUT2D eigenvalue weighted by Gasteiger charge is -2.38. The van der Waals surface area contributed by atoms with E-state index in [9.17, 15) is 14.7 Å². The number of hydrogen-bond acceptors (Lipinski definition) is 2. The normalized spacial score (nSPS) is 16.2. The second-order valence-corrected chi connectivity index (χ2v) is 6.15. The summed E-state index contributed by atoms with van der Waals surface area (Å²) in [6.45, 7) is 2.04. The van der Waals surface area contributed by atoms with E-state index in [1.54, 1.807) is 0 Å². The number of hydrogen-bond donors (Lipinski definition) is 3. The molecule has 0 unspecified atom stereocenters. The van der Waals surface area contributed by atoms with Gasteiger partial charge in [0.1, 0.15) is 5.54 Å². The van der Waals surface area contributed by atoms with Crippen LogP contribution in [0.5, 0.6) is 0 Å². The molecule has 1 aliphatic carbocycles. The summed E-state index contributed by atoms with van der Waals surface area (Å²) in [5.41, 5.74) is 2.30. The van der Waals surface area contributed by atoms with E-state index in [-0.39, 0.29) is 5.91 Å². The Bertz CT molecular complexity index is 729. The molecule has 3 N–H and O–H groups in total. The van der Waals surface area contributed by atoms with E-state index in [4.69, 9.17) is 0 Å². The van der Waals surface area contributed by atoms with E-state index in [2.05, 4.69) is 16.4 Å². The number of aliphatic carboxylic acids is 1. The number of carbonyl (C=O) groups is 2. The number of rotatable bonds is 5. The number of amides is 1. The molecule has 1 heterocycles. The van der Waals surface area contributed by atoms with E-state index in [1.807, 2.05) is 25.3 Å². The summed E-state index contributed by atoms with van der Waals surface area (Å²) in [5.74, 6) is -1.11. The van der Waals surface area contributed by atoms with Gasteiger partial charge in [0.05, 0.1) is 0 Å². The van der Waals surface area contributed by atoms with Crippen LogP contribution in [0, 0.1) is 6.92 Å². The molecular formula is C17H20N2O3. The van der Waals surface area contributed by atoms with E-state index in [0.717, 1.165) is 22.9 Å². The van der Waals surface area contributed by atoms with Crippen molar-refractivity contribution in [2.75, 3.05) is 0 Å². The predicted molar refractivity (Wildman–Crippen MR) is 83.7 cm³/mol. The molecule has 2 aromatic rings. The highest BCUT2D eigenvalue weighted by molar-refractivity contribution is 5.88. The minimum Gasteiger partial charge on any atom is -0.480 e. The van der Waals surface area contributed by atoms with Crippen LogP contribution in [0.15, 0.2) is 24.4 Å². The zero-order valence-corrected chi connectivity index (χ0v) is 12.6. The van der Waals surface area contributed by atoms with Crippen LogP contribution in [-0.4, -0.2) is 27.5 Å². The topological polar surface area (TPSA) is 82.2 Å². The zero-order valence-electron chi connectivity index (χ0n) is 12.6. The highest BCUT2D eigenvalue weighted by atomic mass is 16.4. The van der Waals surface area contributed by atoms with Crippen LogP contribution < -0.4 is 5.32 Å². The smallest absolute Gasteiger partial charge is 0.329 e. The number of carboxylic acid groups (broad SMARTS) is 1. The van der Waals surface area contributed by atoms with Gasteiger partial charge < -0.3 is 15.4 Å². The lowest BCUT2D eigenvalue weighted by Crippen LogP contribution is -2.59. The molecule has 0 aliphatic heterocycles. The van der Waals surface area contributed by atoms with Gasteiger partial charge in [0, 0.05) is 23.5 Å². The van der Waals surface area contributed by atoms with Crippen LogP contribution in [0.3, 0.4) is 0 Å². The van der Waals surface area contributed by atoms with Crippen molar-refractivity contribution < 1.29 is 14.7 Å². The lowest BCUT2D eigenvalue weighted by atomic mass is 9.76. The Morgan fingerprint density at radius 3 is 2.77 bits per heavy atom. The minimum absolute atomic E-state index is 0.191. The molecule has 1 aromatic carbocycles. The Morgan fingerprint density at radius 1 is 1.36 bits per heavy atom. The predicted octanol–water partition coefficient (Wildman–Crippen LogP) is 2.53. The molecule has 22 heavy (non-hydrogen) atoms. The highest BCUT2D eigenvalue weighted by Crippen LogP contribution is 2.32. The van der Waals surface area contributed by atoms with Gasteiger partial charge in [0.15, 0.2) is 0 Å². The third-order valence-electron chi connectivity index (χ3n) is 4.54. The molecule has 0 radical (unpaired) electrons. The quantitative estimate of drug-likeness (QED) is 0.793. The van der Waals surface area contributed by atoms with Gasteiger partial charge in [-0.05, 0) is 50.3 Å². The van der Waals surface area contributed by atoms with Gasteiger partial charge in [-0.3, -0.25) is 4.79 Å². The first-order valence-electron chi connectivity index (χ1n) is 7.61. The molecule has 1 fully saturated rings. The Balaban J connectivity index is 1.65. The number of H-pyrrole nitrogens is 1. The third-order valence-corrected chi connectivity index (χ3v) is 4.54. The summed E-state index contributed by atoms with van der Waals surface area (Å²) in [5, 5.41) is 13.1. The van der Waals surface area contributed by atoms with E-state index in [1.165, 1.54) is 5.56 Å². The summed E-state index contributed by atoms with van der Waals surface area (Å²) in [6, 6.07) is 6.17. The maximum absolute atomic E-state index is 12.1. The van der Waals surface area contributed by atoms with E-state index >= 15 is 0 Å². The monoisotopic (exact) mass is 300 g/mol. The molecule has 1 amide bonds. The first kappa shape index (κ1) is 14.6. The first-order valence-corrected chi connectivity index (χ1v) is 7.61. The van der Waals surface area contributed by atoms with Crippen molar-refractivity contribution >= 4 is 22.8 Å². The number of nitrogens with one attached hydrogen (secondary N) is 2. The van der Waals surface area contributed by atoms with Crippen LogP contribution in [-0.2, 0) is 16.0 Å². The Labute approximate surface area is 128 Å². The molecule has 0 saturated heterocycles. The third kappa shape index (κ3) is 2.58. The fourth-order valence-electron chi connectivity index (χ4n) is 3.00. The van der Waals surface area contributed by atoms with Gasteiger partial charge in [0.25, 0.3) is 0 Å². The zero-order chi connectivity index (χ0) is 15.7. The second kappa shape index (κ2) is 5.48. The number of aryl methyl sites for hydroxylation is 2. The number of benzene rings is 1. The average molecular weight is 300 g/mol. The summed E-state index contributed by atoms with van der Waals surface area (Å²) < 4.78 is 0. The van der Waals surface area contributed by atoms with Crippen molar-refractivity contribution in [3.05, 3.63) is 35.5 Å². The summed E-state index contributed by atoms with van der Waals surface area (Å²) >= 11 is 0. The number of fused-ring (bicyclic) bond motifs is 1.